The van der Waals surface area contributed by atoms with Crippen molar-refractivity contribution in [2.24, 2.45) is 11.8 Å². The molecule has 2 unspecified atom stereocenters. The van der Waals surface area contributed by atoms with E-state index in [0.29, 0.717) is 17.9 Å². The van der Waals surface area contributed by atoms with Crippen LogP contribution < -0.4 is 0 Å². The van der Waals surface area contributed by atoms with E-state index in [1.165, 1.54) is 44.6 Å². The van der Waals surface area contributed by atoms with Gasteiger partial charge in [0, 0.05) is 5.56 Å². The number of hydrogen-bond donors (Lipinski definition) is 1. The van der Waals surface area contributed by atoms with Crippen LogP contribution in [0.3, 0.4) is 0 Å². The second-order valence-corrected chi connectivity index (χ2v) is 7.16. The zero-order valence-electron chi connectivity index (χ0n) is 13.1. The van der Waals surface area contributed by atoms with E-state index in [2.05, 4.69) is 0 Å². The van der Waals surface area contributed by atoms with Crippen molar-refractivity contribution >= 4 is 0 Å². The Bertz CT molecular complexity index is 492. The zero-order chi connectivity index (χ0) is 14.9. The summed E-state index contributed by atoms with van der Waals surface area (Å²) in [5.74, 6) is 0.581. The topological polar surface area (TPSA) is 20.2 Å². The minimum Gasteiger partial charge on any atom is -0.385 e. The van der Waals surface area contributed by atoms with Crippen LogP contribution >= 0.6 is 0 Å². The van der Waals surface area contributed by atoms with Crippen LogP contribution in [0.25, 0.3) is 0 Å². The Balaban J connectivity index is 1.96. The molecular weight excluding hydrogens is 263 g/mol. The van der Waals surface area contributed by atoms with Crippen molar-refractivity contribution < 1.29 is 9.50 Å². The fourth-order valence-electron chi connectivity index (χ4n) is 4.65. The highest BCUT2D eigenvalue weighted by atomic mass is 19.1. The summed E-state index contributed by atoms with van der Waals surface area (Å²) in [5, 5.41) is 11.4. The molecule has 116 valence electrons. The molecule has 0 aromatic heterocycles. The van der Waals surface area contributed by atoms with Gasteiger partial charge in [-0.2, -0.15) is 0 Å². The van der Waals surface area contributed by atoms with E-state index in [9.17, 15) is 9.50 Å². The van der Waals surface area contributed by atoms with Crippen LogP contribution in [0.1, 0.15) is 68.9 Å². The first-order chi connectivity index (χ1) is 10.1. The largest absolute Gasteiger partial charge is 0.385 e. The molecule has 2 aliphatic rings. The molecule has 3 rings (SSSR count). The monoisotopic (exact) mass is 290 g/mol. The first-order valence-corrected chi connectivity index (χ1v) is 8.60. The van der Waals surface area contributed by atoms with Gasteiger partial charge in [-0.1, -0.05) is 62.6 Å². The highest BCUT2D eigenvalue weighted by Gasteiger charge is 2.45. The highest BCUT2D eigenvalue weighted by Crippen LogP contribution is 2.49. The summed E-state index contributed by atoms with van der Waals surface area (Å²) in [5.41, 5.74) is 0.640. The Morgan fingerprint density at radius 3 is 2.52 bits per heavy atom. The van der Waals surface area contributed by atoms with E-state index in [1.807, 2.05) is 13.0 Å². The van der Waals surface area contributed by atoms with Gasteiger partial charge in [-0.05, 0) is 37.7 Å². The Kier molecular flexibility index (Phi) is 4.35. The van der Waals surface area contributed by atoms with Gasteiger partial charge in [-0.3, -0.25) is 0 Å². The molecule has 2 saturated carbocycles. The Hall–Kier alpha value is -0.890. The second-order valence-electron chi connectivity index (χ2n) is 7.16. The molecule has 1 aromatic rings. The van der Waals surface area contributed by atoms with E-state index >= 15 is 0 Å². The van der Waals surface area contributed by atoms with E-state index < -0.39 is 5.60 Å². The maximum absolute atomic E-state index is 14.4. The highest BCUT2D eigenvalue weighted by molar-refractivity contribution is 5.30. The number of hydrogen-bond acceptors (Lipinski definition) is 1. The first-order valence-electron chi connectivity index (χ1n) is 8.60. The van der Waals surface area contributed by atoms with Crippen LogP contribution in [0.15, 0.2) is 18.2 Å². The molecule has 2 fully saturated rings. The number of rotatable bonds is 2. The van der Waals surface area contributed by atoms with E-state index in [0.717, 1.165) is 18.4 Å². The fraction of sp³-hybridized carbons (Fsp3) is 0.684. The maximum Gasteiger partial charge on any atom is 0.129 e. The summed E-state index contributed by atoms with van der Waals surface area (Å²) in [7, 11) is 0. The van der Waals surface area contributed by atoms with Crippen molar-refractivity contribution in [2.45, 2.75) is 70.3 Å². The van der Waals surface area contributed by atoms with Crippen LogP contribution in [0.4, 0.5) is 4.39 Å². The van der Waals surface area contributed by atoms with Gasteiger partial charge in [0.15, 0.2) is 0 Å². The van der Waals surface area contributed by atoms with Crippen LogP contribution in [0.5, 0.6) is 0 Å². The molecule has 0 bridgehead atoms. The molecule has 1 nitrogen and oxygen atoms in total. The van der Waals surface area contributed by atoms with Crippen molar-refractivity contribution in [1.29, 1.82) is 0 Å². The number of aliphatic hydroxyl groups is 1. The van der Waals surface area contributed by atoms with Crippen LogP contribution in [0, 0.1) is 24.6 Å². The van der Waals surface area contributed by atoms with E-state index in [1.54, 1.807) is 6.07 Å². The molecule has 0 aliphatic heterocycles. The average Bonchev–Trinajstić information content (AvgIpc) is 2.51. The van der Waals surface area contributed by atoms with Crippen LogP contribution in [-0.4, -0.2) is 5.11 Å². The van der Waals surface area contributed by atoms with Gasteiger partial charge >= 0.3 is 0 Å². The van der Waals surface area contributed by atoms with Crippen molar-refractivity contribution in [3.63, 3.8) is 0 Å². The van der Waals surface area contributed by atoms with E-state index in [4.69, 9.17) is 0 Å². The van der Waals surface area contributed by atoms with Crippen LogP contribution in [-0.2, 0) is 5.60 Å². The van der Waals surface area contributed by atoms with Gasteiger partial charge in [-0.15, -0.1) is 0 Å². The van der Waals surface area contributed by atoms with Gasteiger partial charge in [0.25, 0.3) is 0 Å². The third-order valence-corrected chi connectivity index (χ3v) is 5.74. The fourth-order valence-corrected chi connectivity index (χ4v) is 4.65. The lowest BCUT2D eigenvalue weighted by Gasteiger charge is -2.45. The first kappa shape index (κ1) is 15.0. The zero-order valence-corrected chi connectivity index (χ0v) is 13.1. The molecule has 2 heteroatoms. The number of benzene rings is 1. The Morgan fingerprint density at radius 2 is 1.76 bits per heavy atom. The lowest BCUT2D eigenvalue weighted by atomic mass is 9.63. The summed E-state index contributed by atoms with van der Waals surface area (Å²) in [6.45, 7) is 1.98. The molecule has 1 N–H and O–H groups in total. The Labute approximate surface area is 127 Å². The van der Waals surface area contributed by atoms with E-state index in [-0.39, 0.29) is 11.7 Å². The van der Waals surface area contributed by atoms with Crippen molar-refractivity contribution in [3.05, 3.63) is 35.1 Å². The third kappa shape index (κ3) is 2.88. The predicted molar refractivity (Wildman–Crippen MR) is 83.6 cm³/mol. The molecule has 2 aliphatic carbocycles. The van der Waals surface area contributed by atoms with Gasteiger partial charge in [0.2, 0.25) is 0 Å². The lowest BCUT2D eigenvalue weighted by molar-refractivity contribution is -0.0857. The molecule has 21 heavy (non-hydrogen) atoms. The molecular formula is C19H27FO. The van der Waals surface area contributed by atoms with Gasteiger partial charge < -0.3 is 5.11 Å². The van der Waals surface area contributed by atoms with Crippen molar-refractivity contribution in [3.8, 4) is 0 Å². The smallest absolute Gasteiger partial charge is 0.129 e. The van der Waals surface area contributed by atoms with Gasteiger partial charge in [0.05, 0.1) is 5.60 Å². The SMILES string of the molecule is Cc1ccc(F)c(C2(O)CCCCC2C2CCCCC2)c1. The maximum atomic E-state index is 14.4. The summed E-state index contributed by atoms with van der Waals surface area (Å²) < 4.78 is 14.4. The lowest BCUT2D eigenvalue weighted by Crippen LogP contribution is -2.43. The summed E-state index contributed by atoms with van der Waals surface area (Å²) in [6.07, 6.45) is 10.2. The third-order valence-electron chi connectivity index (χ3n) is 5.74. The van der Waals surface area contributed by atoms with Gasteiger partial charge in [0.1, 0.15) is 5.82 Å². The summed E-state index contributed by atoms with van der Waals surface area (Å²) in [6, 6.07) is 5.19. The molecule has 0 amide bonds. The predicted octanol–water partition coefficient (Wildman–Crippen LogP) is 5.09. The van der Waals surface area contributed by atoms with Crippen molar-refractivity contribution in [1.82, 2.24) is 0 Å². The minimum absolute atomic E-state index is 0.231. The molecule has 0 radical (unpaired) electrons. The Morgan fingerprint density at radius 1 is 1.05 bits per heavy atom. The molecule has 2 atom stereocenters. The molecule has 0 heterocycles. The number of halogens is 1. The van der Waals surface area contributed by atoms with Crippen LogP contribution in [0.2, 0.25) is 0 Å². The summed E-state index contributed by atoms with van der Waals surface area (Å²) >= 11 is 0. The quantitative estimate of drug-likeness (QED) is 0.804. The van der Waals surface area contributed by atoms with Gasteiger partial charge in [-0.25, -0.2) is 4.39 Å². The summed E-state index contributed by atoms with van der Waals surface area (Å²) in [4.78, 5) is 0. The molecule has 0 spiro atoms. The minimum atomic E-state index is -0.948. The second kappa shape index (κ2) is 6.08. The molecule has 1 aromatic carbocycles. The average molecular weight is 290 g/mol. The molecule has 0 saturated heterocycles. The standard InChI is InChI=1S/C19H27FO/c1-14-10-11-18(20)17(13-14)19(21)12-6-5-9-16(19)15-7-3-2-4-8-15/h10-11,13,15-16,21H,2-9,12H2,1H3. The van der Waals surface area contributed by atoms with Crippen molar-refractivity contribution in [2.75, 3.05) is 0 Å². The number of aryl methyl sites for hydroxylation is 1. The normalized spacial score (nSPS) is 31.3.